The van der Waals surface area contributed by atoms with Crippen molar-refractivity contribution in [3.63, 3.8) is 0 Å². The zero-order valence-electron chi connectivity index (χ0n) is 11.2. The van der Waals surface area contributed by atoms with Crippen molar-refractivity contribution in [2.24, 2.45) is 0 Å². The number of benzene rings is 2. The van der Waals surface area contributed by atoms with Crippen LogP contribution in [0, 0.1) is 0 Å². The van der Waals surface area contributed by atoms with Crippen molar-refractivity contribution in [3.8, 4) is 5.75 Å². The van der Waals surface area contributed by atoms with Gasteiger partial charge in [-0.15, -0.1) is 0 Å². The molecule has 0 spiro atoms. The number of likely N-dealkylation sites (tertiary alicyclic amines) is 1. The van der Waals surface area contributed by atoms with Crippen molar-refractivity contribution in [3.05, 3.63) is 66.2 Å². The van der Waals surface area contributed by atoms with E-state index in [9.17, 15) is 0 Å². The first kappa shape index (κ1) is 12.2. The third-order valence-electron chi connectivity index (χ3n) is 3.75. The molecule has 0 radical (unpaired) electrons. The third-order valence-corrected chi connectivity index (χ3v) is 3.75. The highest BCUT2D eigenvalue weighted by Gasteiger charge is 2.32. The van der Waals surface area contributed by atoms with E-state index in [1.807, 2.05) is 30.3 Å². The molecular weight excluding hydrogens is 234 g/mol. The van der Waals surface area contributed by atoms with E-state index < -0.39 is 0 Å². The summed E-state index contributed by atoms with van der Waals surface area (Å²) in [5.41, 5.74) is 1.38. The van der Waals surface area contributed by atoms with Crippen LogP contribution in [0.5, 0.6) is 5.75 Å². The van der Waals surface area contributed by atoms with Crippen molar-refractivity contribution < 1.29 is 4.74 Å². The normalized spacial score (nSPS) is 17.7. The highest BCUT2D eigenvalue weighted by Crippen LogP contribution is 2.27. The Morgan fingerprint density at radius 2 is 1.53 bits per heavy atom. The summed E-state index contributed by atoms with van der Waals surface area (Å²) in [4.78, 5) is 2.45. The van der Waals surface area contributed by atoms with Gasteiger partial charge in [0.05, 0.1) is 0 Å². The van der Waals surface area contributed by atoms with E-state index in [1.165, 1.54) is 5.56 Å². The molecule has 0 amide bonds. The average Bonchev–Trinajstić information content (AvgIpc) is 2.44. The molecule has 1 heterocycles. The predicted molar refractivity (Wildman–Crippen MR) is 77.3 cm³/mol. The van der Waals surface area contributed by atoms with Gasteiger partial charge in [-0.1, -0.05) is 48.5 Å². The highest BCUT2D eigenvalue weighted by atomic mass is 16.5. The van der Waals surface area contributed by atoms with E-state index in [0.717, 1.165) is 18.8 Å². The second-order valence-corrected chi connectivity index (χ2v) is 5.09. The van der Waals surface area contributed by atoms with Gasteiger partial charge in [-0.25, -0.2) is 0 Å². The summed E-state index contributed by atoms with van der Waals surface area (Å²) < 4.78 is 5.92. The summed E-state index contributed by atoms with van der Waals surface area (Å²) in [6.45, 7) is 4.27. The number of rotatable bonds is 4. The van der Waals surface area contributed by atoms with E-state index in [-0.39, 0.29) is 0 Å². The molecule has 1 saturated heterocycles. The fourth-order valence-electron chi connectivity index (χ4n) is 2.49. The van der Waals surface area contributed by atoms with E-state index in [0.29, 0.717) is 12.1 Å². The molecule has 0 saturated carbocycles. The lowest BCUT2D eigenvalue weighted by Gasteiger charge is -2.42. The number of para-hydroxylation sites is 1. The molecule has 2 aromatic rings. The number of hydrogen-bond acceptors (Lipinski definition) is 2. The van der Waals surface area contributed by atoms with Crippen molar-refractivity contribution in [2.45, 2.75) is 19.1 Å². The second-order valence-electron chi connectivity index (χ2n) is 5.09. The summed E-state index contributed by atoms with van der Waals surface area (Å²) in [6.07, 6.45) is 0.327. The molecule has 2 nitrogen and oxygen atoms in total. The predicted octanol–water partition coefficient (Wildman–Crippen LogP) is 3.51. The molecule has 19 heavy (non-hydrogen) atoms. The van der Waals surface area contributed by atoms with Crippen LogP contribution in [0.25, 0.3) is 0 Å². The smallest absolute Gasteiger partial charge is 0.124 e. The molecule has 0 N–H and O–H groups in total. The maximum Gasteiger partial charge on any atom is 0.124 e. The summed E-state index contributed by atoms with van der Waals surface area (Å²) in [6, 6.07) is 21.2. The molecule has 1 aliphatic heterocycles. The van der Waals surface area contributed by atoms with Crippen LogP contribution in [0.3, 0.4) is 0 Å². The Hall–Kier alpha value is -1.80. The van der Waals surface area contributed by atoms with Crippen molar-refractivity contribution in [2.75, 3.05) is 13.1 Å². The van der Waals surface area contributed by atoms with Gasteiger partial charge in [0, 0.05) is 19.1 Å². The zero-order valence-corrected chi connectivity index (χ0v) is 11.2. The van der Waals surface area contributed by atoms with Gasteiger partial charge in [-0.05, 0) is 24.6 Å². The Bertz CT molecular complexity index is 505. The number of nitrogens with zero attached hydrogens (tertiary/aromatic N) is 1. The Balaban J connectivity index is 1.53. The standard InChI is InChI=1S/C17H19NO/c1-14(15-8-4-2-5-9-15)18-12-17(13-18)19-16-10-6-3-7-11-16/h2-11,14,17H,12-13H2,1H3. The summed E-state index contributed by atoms with van der Waals surface area (Å²) >= 11 is 0. The molecule has 1 unspecified atom stereocenters. The molecule has 3 rings (SSSR count). The molecular formula is C17H19NO. The van der Waals surface area contributed by atoms with Crippen LogP contribution in [0.15, 0.2) is 60.7 Å². The van der Waals surface area contributed by atoms with E-state index in [1.54, 1.807) is 0 Å². The largest absolute Gasteiger partial charge is 0.488 e. The zero-order chi connectivity index (χ0) is 13.1. The Labute approximate surface area is 114 Å². The summed E-state index contributed by atoms with van der Waals surface area (Å²) in [5.74, 6) is 0.972. The molecule has 0 aliphatic carbocycles. The maximum atomic E-state index is 5.92. The highest BCUT2D eigenvalue weighted by molar-refractivity contribution is 5.22. The first-order valence-corrected chi connectivity index (χ1v) is 6.83. The van der Waals surface area contributed by atoms with Crippen LogP contribution in [0.1, 0.15) is 18.5 Å². The molecule has 1 aliphatic rings. The average molecular weight is 253 g/mol. The quantitative estimate of drug-likeness (QED) is 0.826. The maximum absolute atomic E-state index is 5.92. The molecule has 2 heteroatoms. The van der Waals surface area contributed by atoms with Gasteiger partial charge < -0.3 is 4.74 Å². The van der Waals surface area contributed by atoms with Gasteiger partial charge in [0.2, 0.25) is 0 Å². The Morgan fingerprint density at radius 3 is 2.16 bits per heavy atom. The number of hydrogen-bond donors (Lipinski definition) is 0. The van der Waals surface area contributed by atoms with Crippen molar-refractivity contribution in [1.29, 1.82) is 0 Å². The van der Waals surface area contributed by atoms with E-state index >= 15 is 0 Å². The SMILES string of the molecule is CC(c1ccccc1)N1CC(Oc2ccccc2)C1. The van der Waals surface area contributed by atoms with E-state index in [4.69, 9.17) is 4.74 Å². The lowest BCUT2D eigenvalue weighted by atomic mass is 10.0. The first-order valence-electron chi connectivity index (χ1n) is 6.83. The second kappa shape index (κ2) is 5.45. The van der Waals surface area contributed by atoms with Crippen LogP contribution < -0.4 is 4.74 Å². The summed E-state index contributed by atoms with van der Waals surface area (Å²) in [5, 5.41) is 0. The molecule has 1 fully saturated rings. The number of ether oxygens (including phenoxy) is 1. The van der Waals surface area contributed by atoms with Crippen LogP contribution in [-0.2, 0) is 0 Å². The van der Waals surface area contributed by atoms with Gasteiger partial charge in [-0.2, -0.15) is 0 Å². The fourth-order valence-corrected chi connectivity index (χ4v) is 2.49. The molecule has 0 aromatic heterocycles. The molecule has 2 aromatic carbocycles. The fraction of sp³-hybridized carbons (Fsp3) is 0.294. The van der Waals surface area contributed by atoms with Crippen LogP contribution in [0.4, 0.5) is 0 Å². The third kappa shape index (κ3) is 2.79. The Morgan fingerprint density at radius 1 is 0.947 bits per heavy atom. The summed E-state index contributed by atoms with van der Waals surface area (Å²) in [7, 11) is 0. The van der Waals surface area contributed by atoms with E-state index in [2.05, 4.69) is 42.2 Å². The molecule has 98 valence electrons. The van der Waals surface area contributed by atoms with Crippen LogP contribution in [-0.4, -0.2) is 24.1 Å². The van der Waals surface area contributed by atoms with Crippen molar-refractivity contribution in [1.82, 2.24) is 4.90 Å². The van der Waals surface area contributed by atoms with Crippen molar-refractivity contribution >= 4 is 0 Å². The molecule has 0 bridgehead atoms. The Kier molecular flexibility index (Phi) is 3.51. The van der Waals surface area contributed by atoms with Gasteiger partial charge in [0.15, 0.2) is 0 Å². The van der Waals surface area contributed by atoms with Gasteiger partial charge in [0.1, 0.15) is 11.9 Å². The minimum Gasteiger partial charge on any atom is -0.488 e. The lowest BCUT2D eigenvalue weighted by Crippen LogP contribution is -2.54. The van der Waals surface area contributed by atoms with Crippen LogP contribution in [0.2, 0.25) is 0 Å². The monoisotopic (exact) mass is 253 g/mol. The lowest BCUT2D eigenvalue weighted by molar-refractivity contribution is -0.00522. The topological polar surface area (TPSA) is 12.5 Å². The molecule has 1 atom stereocenters. The van der Waals surface area contributed by atoms with Gasteiger partial charge >= 0.3 is 0 Å². The van der Waals surface area contributed by atoms with Gasteiger partial charge in [0.25, 0.3) is 0 Å². The first-order chi connectivity index (χ1) is 9.33. The minimum absolute atomic E-state index is 0.327. The minimum atomic E-state index is 0.327. The van der Waals surface area contributed by atoms with Crippen LogP contribution >= 0.6 is 0 Å². The van der Waals surface area contributed by atoms with Gasteiger partial charge in [-0.3, -0.25) is 4.90 Å².